The first-order valence-electron chi connectivity index (χ1n) is 8.32. The van der Waals surface area contributed by atoms with Gasteiger partial charge >= 0.3 is 5.97 Å². The molecule has 0 spiro atoms. The van der Waals surface area contributed by atoms with Gasteiger partial charge in [0.05, 0.1) is 11.5 Å². The molecular formula is C18H19N3O4S2. The lowest BCUT2D eigenvalue weighted by Crippen LogP contribution is -2.44. The molecule has 2 heterocycles. The Morgan fingerprint density at radius 1 is 1.33 bits per heavy atom. The molecular weight excluding hydrogens is 386 g/mol. The predicted molar refractivity (Wildman–Crippen MR) is 104 cm³/mol. The maximum Gasteiger partial charge on any atom is 0.313 e. The molecule has 1 saturated heterocycles. The van der Waals surface area contributed by atoms with Crippen molar-refractivity contribution in [2.45, 2.75) is 12.3 Å². The van der Waals surface area contributed by atoms with Crippen LogP contribution in [0.2, 0.25) is 0 Å². The normalized spacial score (nSPS) is 19.1. The molecule has 3 rings (SSSR count). The molecule has 9 heteroatoms. The Hall–Kier alpha value is -2.38. The van der Waals surface area contributed by atoms with Crippen LogP contribution in [0.5, 0.6) is 0 Å². The van der Waals surface area contributed by atoms with Crippen LogP contribution >= 0.6 is 11.3 Å². The van der Waals surface area contributed by atoms with Crippen LogP contribution in [-0.2, 0) is 19.6 Å². The summed E-state index contributed by atoms with van der Waals surface area (Å²) < 4.78 is 32.9. The third-order valence-electron chi connectivity index (χ3n) is 3.83. The quantitative estimate of drug-likeness (QED) is 0.515. The zero-order chi connectivity index (χ0) is 19.3. The van der Waals surface area contributed by atoms with E-state index >= 15 is 0 Å². The summed E-state index contributed by atoms with van der Waals surface area (Å²) >= 11 is 1.54. The average molecular weight is 406 g/mol. The van der Waals surface area contributed by atoms with Gasteiger partial charge in [0, 0.05) is 17.8 Å². The van der Waals surface area contributed by atoms with Crippen LogP contribution in [0.3, 0.4) is 0 Å². The van der Waals surface area contributed by atoms with E-state index in [1.54, 1.807) is 31.2 Å². The first-order valence-corrected chi connectivity index (χ1v) is 10.7. The summed E-state index contributed by atoms with van der Waals surface area (Å²) in [5.41, 5.74) is 6.41. The van der Waals surface area contributed by atoms with Crippen LogP contribution in [0.4, 0.5) is 5.69 Å². The second-order valence-electron chi connectivity index (χ2n) is 5.76. The molecule has 3 N–H and O–H groups in total. The molecule has 1 aliphatic heterocycles. The number of esters is 1. The zero-order valence-electron chi connectivity index (χ0n) is 14.6. The summed E-state index contributed by atoms with van der Waals surface area (Å²) in [7, 11) is -3.87. The minimum absolute atomic E-state index is 0.177. The number of nitrogens with one attached hydrogen (secondary N) is 3. The molecule has 0 bridgehead atoms. The molecule has 2 aromatic rings. The third-order valence-corrected chi connectivity index (χ3v) is 6.25. The number of anilines is 1. The molecule has 0 aliphatic carbocycles. The summed E-state index contributed by atoms with van der Waals surface area (Å²) in [6.45, 7) is 2.05. The highest BCUT2D eigenvalue weighted by atomic mass is 32.2. The standard InChI is InChI=1S/C18H19N3O4S2/c1-2-25-18(22)16-12-19-20-17(16)27(23,24)21-14-6-3-5-13(11-14)8-9-15-7-4-10-26-15/h3-7,10-11,16-17,19-21H,2,12H2,1H3. The summed E-state index contributed by atoms with van der Waals surface area (Å²) in [6, 6.07) is 10.6. The monoisotopic (exact) mass is 405 g/mol. The molecule has 0 saturated carbocycles. The Morgan fingerprint density at radius 3 is 2.93 bits per heavy atom. The average Bonchev–Trinajstić information content (AvgIpc) is 3.32. The lowest BCUT2D eigenvalue weighted by Gasteiger charge is -2.18. The van der Waals surface area contributed by atoms with Crippen molar-refractivity contribution in [3.8, 4) is 11.8 Å². The summed E-state index contributed by atoms with van der Waals surface area (Å²) in [6.07, 6.45) is 0. The van der Waals surface area contributed by atoms with Crippen LogP contribution in [0.25, 0.3) is 0 Å². The van der Waals surface area contributed by atoms with Gasteiger partial charge in [-0.3, -0.25) is 14.9 Å². The van der Waals surface area contributed by atoms with Crippen LogP contribution in [0.1, 0.15) is 17.4 Å². The molecule has 1 fully saturated rings. The molecule has 7 nitrogen and oxygen atoms in total. The van der Waals surface area contributed by atoms with Gasteiger partial charge in [0.1, 0.15) is 5.92 Å². The molecule has 1 aromatic heterocycles. The Kier molecular flexibility index (Phi) is 6.13. The number of carbonyl (C=O) groups is 1. The van der Waals surface area contributed by atoms with E-state index in [0.717, 1.165) is 4.88 Å². The number of rotatable bonds is 5. The number of sulfonamides is 1. The van der Waals surface area contributed by atoms with Gasteiger partial charge < -0.3 is 4.74 Å². The van der Waals surface area contributed by atoms with E-state index in [-0.39, 0.29) is 13.2 Å². The van der Waals surface area contributed by atoms with Gasteiger partial charge in [0.2, 0.25) is 0 Å². The highest BCUT2D eigenvalue weighted by molar-refractivity contribution is 7.93. The molecule has 1 aliphatic rings. The van der Waals surface area contributed by atoms with Gasteiger partial charge in [-0.25, -0.2) is 13.8 Å². The number of hydrazine groups is 1. The number of hydrogen-bond acceptors (Lipinski definition) is 7. The van der Waals surface area contributed by atoms with Gasteiger partial charge in [-0.1, -0.05) is 24.0 Å². The highest BCUT2D eigenvalue weighted by Gasteiger charge is 2.42. The third kappa shape index (κ3) is 4.87. The maximum atomic E-state index is 12.7. The Balaban J connectivity index is 1.76. The lowest BCUT2D eigenvalue weighted by molar-refractivity contribution is -0.147. The summed E-state index contributed by atoms with van der Waals surface area (Å²) in [5.74, 6) is 4.66. The van der Waals surface area contributed by atoms with E-state index in [9.17, 15) is 13.2 Å². The van der Waals surface area contributed by atoms with Crippen LogP contribution in [0.15, 0.2) is 41.8 Å². The second-order valence-corrected chi connectivity index (χ2v) is 8.51. The Morgan fingerprint density at radius 2 is 2.19 bits per heavy atom. The minimum Gasteiger partial charge on any atom is -0.466 e. The highest BCUT2D eigenvalue weighted by Crippen LogP contribution is 2.20. The second kappa shape index (κ2) is 8.54. The number of hydrogen-bond donors (Lipinski definition) is 3. The van der Waals surface area contributed by atoms with E-state index in [1.807, 2.05) is 17.5 Å². The lowest BCUT2D eigenvalue weighted by atomic mass is 10.2. The van der Waals surface area contributed by atoms with Crippen molar-refractivity contribution in [2.75, 3.05) is 17.9 Å². The van der Waals surface area contributed by atoms with Gasteiger partial charge in [-0.05, 0) is 36.6 Å². The van der Waals surface area contributed by atoms with Gasteiger partial charge in [-0.15, -0.1) is 11.3 Å². The summed E-state index contributed by atoms with van der Waals surface area (Å²) in [5, 5.41) is 0.814. The van der Waals surface area contributed by atoms with E-state index < -0.39 is 27.3 Å². The fraction of sp³-hybridized carbons (Fsp3) is 0.278. The topological polar surface area (TPSA) is 96.5 Å². The van der Waals surface area contributed by atoms with Gasteiger partial charge in [-0.2, -0.15) is 0 Å². The summed E-state index contributed by atoms with van der Waals surface area (Å²) in [4.78, 5) is 12.9. The Labute approximate surface area is 162 Å². The van der Waals surface area contributed by atoms with Crippen LogP contribution in [-0.4, -0.2) is 32.9 Å². The van der Waals surface area contributed by atoms with Crippen molar-refractivity contribution in [1.82, 2.24) is 10.9 Å². The molecule has 2 unspecified atom stereocenters. The number of carbonyl (C=O) groups excluding carboxylic acids is 1. The Bertz CT molecular complexity index is 962. The van der Waals surface area contributed by atoms with Crippen LogP contribution < -0.4 is 15.6 Å². The number of thiophene rings is 1. The van der Waals surface area contributed by atoms with Crippen molar-refractivity contribution in [2.24, 2.45) is 5.92 Å². The first-order chi connectivity index (χ1) is 13.0. The minimum atomic E-state index is -3.87. The fourth-order valence-electron chi connectivity index (χ4n) is 2.60. The first kappa shape index (κ1) is 19.4. The van der Waals surface area contributed by atoms with Crippen molar-refractivity contribution in [3.05, 3.63) is 52.2 Å². The van der Waals surface area contributed by atoms with Gasteiger partial charge in [0.15, 0.2) is 5.37 Å². The number of benzene rings is 1. The van der Waals surface area contributed by atoms with E-state index in [1.165, 1.54) is 11.3 Å². The smallest absolute Gasteiger partial charge is 0.313 e. The SMILES string of the molecule is CCOC(=O)C1CNNC1S(=O)(=O)Nc1cccc(C#Cc2cccs2)c1. The molecule has 2 atom stereocenters. The number of ether oxygens (including phenoxy) is 1. The van der Waals surface area contributed by atoms with E-state index in [0.29, 0.717) is 11.3 Å². The molecule has 0 radical (unpaired) electrons. The molecule has 142 valence electrons. The fourth-order valence-corrected chi connectivity index (χ4v) is 4.63. The van der Waals surface area contributed by atoms with Crippen molar-refractivity contribution in [1.29, 1.82) is 0 Å². The zero-order valence-corrected chi connectivity index (χ0v) is 16.2. The molecule has 1 aromatic carbocycles. The van der Waals surface area contributed by atoms with Crippen molar-refractivity contribution in [3.63, 3.8) is 0 Å². The molecule has 0 amide bonds. The predicted octanol–water partition coefficient (Wildman–Crippen LogP) is 1.50. The molecule has 27 heavy (non-hydrogen) atoms. The van der Waals surface area contributed by atoms with Crippen molar-refractivity contribution >= 4 is 33.0 Å². The van der Waals surface area contributed by atoms with Gasteiger partial charge in [0.25, 0.3) is 10.0 Å². The maximum absolute atomic E-state index is 12.7. The van der Waals surface area contributed by atoms with E-state index in [4.69, 9.17) is 4.74 Å². The van der Waals surface area contributed by atoms with E-state index in [2.05, 4.69) is 27.4 Å². The van der Waals surface area contributed by atoms with Crippen LogP contribution in [0, 0.1) is 17.8 Å². The largest absolute Gasteiger partial charge is 0.466 e. The van der Waals surface area contributed by atoms with Crippen molar-refractivity contribution < 1.29 is 17.9 Å².